The Labute approximate surface area is 145 Å². The normalized spacial score (nSPS) is 12.0. The maximum atomic E-state index is 12.4. The van der Waals surface area contributed by atoms with Crippen LogP contribution >= 0.6 is 11.6 Å². The molecule has 0 aliphatic heterocycles. The van der Waals surface area contributed by atoms with Crippen molar-refractivity contribution in [3.63, 3.8) is 0 Å². The molecule has 2 aromatic rings. The Morgan fingerprint density at radius 3 is 2.92 bits per heavy atom. The first-order valence-electron chi connectivity index (χ1n) is 7.66. The second-order valence-electron chi connectivity index (χ2n) is 5.15. The smallest absolute Gasteiger partial charge is 0.251 e. The van der Waals surface area contributed by atoms with Gasteiger partial charge in [-0.15, -0.1) is 10.2 Å². The molecular formula is C16H21ClN4O3. The zero-order chi connectivity index (χ0) is 17.5. The van der Waals surface area contributed by atoms with Gasteiger partial charge >= 0.3 is 0 Å². The van der Waals surface area contributed by atoms with E-state index < -0.39 is 0 Å². The number of carbonyl (C=O) groups is 1. The van der Waals surface area contributed by atoms with Gasteiger partial charge in [-0.25, -0.2) is 0 Å². The average molecular weight is 353 g/mol. The topological polar surface area (TPSA) is 78.3 Å². The first-order valence-corrected chi connectivity index (χ1v) is 8.04. The highest BCUT2D eigenvalue weighted by Crippen LogP contribution is 2.25. The summed E-state index contributed by atoms with van der Waals surface area (Å²) in [5.74, 6) is 0.981. The van der Waals surface area contributed by atoms with E-state index in [1.54, 1.807) is 31.6 Å². The lowest BCUT2D eigenvalue weighted by molar-refractivity contribution is 0.0937. The van der Waals surface area contributed by atoms with Gasteiger partial charge in [0.2, 0.25) is 0 Å². The lowest BCUT2D eigenvalue weighted by Crippen LogP contribution is -2.29. The van der Waals surface area contributed by atoms with E-state index in [4.69, 9.17) is 21.1 Å². The number of nitrogens with zero attached hydrogens (tertiary/aromatic N) is 3. The summed E-state index contributed by atoms with van der Waals surface area (Å²) >= 11 is 6.13. The molecule has 1 amide bonds. The summed E-state index contributed by atoms with van der Waals surface area (Å²) in [5.41, 5.74) is 0.457. The lowest BCUT2D eigenvalue weighted by atomic mass is 10.2. The number of halogens is 1. The zero-order valence-electron chi connectivity index (χ0n) is 14.0. The third-order valence-corrected chi connectivity index (χ3v) is 3.71. The molecule has 24 heavy (non-hydrogen) atoms. The maximum absolute atomic E-state index is 12.4. The van der Waals surface area contributed by atoms with Crippen LogP contribution in [-0.2, 0) is 11.3 Å². The van der Waals surface area contributed by atoms with E-state index >= 15 is 0 Å². The molecule has 1 heterocycles. The Balaban J connectivity index is 2.06. The molecule has 0 saturated heterocycles. The van der Waals surface area contributed by atoms with E-state index in [2.05, 4.69) is 15.5 Å². The van der Waals surface area contributed by atoms with Crippen molar-refractivity contribution in [2.24, 2.45) is 0 Å². The number of carbonyl (C=O) groups excluding carboxylic acids is 1. The second-order valence-corrected chi connectivity index (χ2v) is 5.56. The fraction of sp³-hybridized carbons (Fsp3) is 0.438. The van der Waals surface area contributed by atoms with Crippen LogP contribution in [0.2, 0.25) is 5.02 Å². The standard InChI is InChI=1S/C16H21ClN4O3/c1-4-24-14-6-5-12(9-13(14)17)16(22)19-11(2)15-20-18-10-21(15)7-8-23-3/h5-6,9-11H,4,7-8H2,1-3H3,(H,19,22)/t11-/m0/s1. The zero-order valence-corrected chi connectivity index (χ0v) is 14.7. The molecule has 0 saturated carbocycles. The molecule has 0 radical (unpaired) electrons. The van der Waals surface area contributed by atoms with Gasteiger partial charge < -0.3 is 19.4 Å². The minimum Gasteiger partial charge on any atom is -0.492 e. The van der Waals surface area contributed by atoms with Crippen molar-refractivity contribution in [1.82, 2.24) is 20.1 Å². The fourth-order valence-corrected chi connectivity index (χ4v) is 2.46. The molecule has 1 aromatic carbocycles. The molecule has 8 heteroatoms. The predicted molar refractivity (Wildman–Crippen MR) is 90.4 cm³/mol. The largest absolute Gasteiger partial charge is 0.492 e. The Hall–Kier alpha value is -2.12. The van der Waals surface area contributed by atoms with Crippen molar-refractivity contribution in [3.05, 3.63) is 40.9 Å². The fourth-order valence-electron chi connectivity index (χ4n) is 2.22. The van der Waals surface area contributed by atoms with Crippen molar-refractivity contribution in [1.29, 1.82) is 0 Å². The number of amides is 1. The molecule has 0 fully saturated rings. The van der Waals surface area contributed by atoms with Gasteiger partial charge in [0.1, 0.15) is 12.1 Å². The third kappa shape index (κ3) is 4.46. The van der Waals surface area contributed by atoms with Crippen LogP contribution in [0.15, 0.2) is 24.5 Å². The number of benzene rings is 1. The van der Waals surface area contributed by atoms with Crippen LogP contribution in [0.3, 0.4) is 0 Å². The molecule has 1 atom stereocenters. The molecule has 7 nitrogen and oxygen atoms in total. The van der Waals surface area contributed by atoms with E-state index in [9.17, 15) is 4.79 Å². The van der Waals surface area contributed by atoms with E-state index in [1.807, 2.05) is 18.4 Å². The van der Waals surface area contributed by atoms with Gasteiger partial charge in [0.05, 0.1) is 24.3 Å². The summed E-state index contributed by atoms with van der Waals surface area (Å²) in [6, 6.07) is 4.65. The van der Waals surface area contributed by atoms with E-state index in [1.165, 1.54) is 0 Å². The molecule has 0 spiro atoms. The first-order chi connectivity index (χ1) is 11.6. The van der Waals surface area contributed by atoms with Crippen molar-refractivity contribution >= 4 is 17.5 Å². The van der Waals surface area contributed by atoms with Crippen molar-refractivity contribution < 1.29 is 14.3 Å². The lowest BCUT2D eigenvalue weighted by Gasteiger charge is -2.15. The summed E-state index contributed by atoms with van der Waals surface area (Å²) in [5, 5.41) is 11.3. The van der Waals surface area contributed by atoms with Crippen molar-refractivity contribution in [3.8, 4) is 5.75 Å². The molecule has 1 aromatic heterocycles. The first kappa shape index (κ1) is 18.2. The monoisotopic (exact) mass is 352 g/mol. The number of hydrogen-bond acceptors (Lipinski definition) is 5. The summed E-state index contributed by atoms with van der Waals surface area (Å²) in [7, 11) is 1.63. The van der Waals surface area contributed by atoms with Gasteiger partial charge in [-0.2, -0.15) is 0 Å². The van der Waals surface area contributed by atoms with Gasteiger partial charge in [0.25, 0.3) is 5.91 Å². The van der Waals surface area contributed by atoms with Crippen LogP contribution in [0.1, 0.15) is 36.1 Å². The van der Waals surface area contributed by atoms with Crippen LogP contribution in [0, 0.1) is 0 Å². The molecule has 0 bridgehead atoms. The number of methoxy groups -OCH3 is 1. The third-order valence-electron chi connectivity index (χ3n) is 3.41. The van der Waals surface area contributed by atoms with Gasteiger partial charge in [-0.1, -0.05) is 11.6 Å². The highest BCUT2D eigenvalue weighted by atomic mass is 35.5. The van der Waals surface area contributed by atoms with E-state index in [0.717, 1.165) is 0 Å². The van der Waals surface area contributed by atoms with Crippen LogP contribution in [-0.4, -0.2) is 41.0 Å². The molecular weight excluding hydrogens is 332 g/mol. The molecule has 0 aliphatic rings. The minimum atomic E-state index is -0.304. The van der Waals surface area contributed by atoms with Crippen LogP contribution in [0.25, 0.3) is 0 Å². The SMILES string of the molecule is CCOc1ccc(C(=O)N[C@@H](C)c2nncn2CCOC)cc1Cl. The summed E-state index contributed by atoms with van der Waals surface area (Å²) in [6.45, 7) is 5.40. The van der Waals surface area contributed by atoms with Crippen molar-refractivity contribution in [2.45, 2.75) is 26.4 Å². The number of ether oxygens (including phenoxy) is 2. The number of hydrogen-bond donors (Lipinski definition) is 1. The van der Waals surface area contributed by atoms with Gasteiger partial charge in [0.15, 0.2) is 5.82 Å². The Kier molecular flexibility index (Phi) is 6.57. The Morgan fingerprint density at radius 2 is 2.25 bits per heavy atom. The highest BCUT2D eigenvalue weighted by Gasteiger charge is 2.17. The van der Waals surface area contributed by atoms with Gasteiger partial charge in [0, 0.05) is 19.2 Å². The number of aromatic nitrogens is 3. The van der Waals surface area contributed by atoms with Gasteiger partial charge in [-0.05, 0) is 32.0 Å². The van der Waals surface area contributed by atoms with Crippen LogP contribution in [0.5, 0.6) is 5.75 Å². The van der Waals surface area contributed by atoms with Crippen LogP contribution in [0.4, 0.5) is 0 Å². The summed E-state index contributed by atoms with van der Waals surface area (Å²) in [6.07, 6.45) is 1.62. The summed E-state index contributed by atoms with van der Waals surface area (Å²) in [4.78, 5) is 12.4. The second kappa shape index (κ2) is 8.65. The molecule has 2 rings (SSSR count). The van der Waals surface area contributed by atoms with E-state index in [-0.39, 0.29) is 11.9 Å². The maximum Gasteiger partial charge on any atom is 0.251 e. The highest BCUT2D eigenvalue weighted by molar-refractivity contribution is 6.32. The number of nitrogens with one attached hydrogen (secondary N) is 1. The van der Waals surface area contributed by atoms with E-state index in [0.29, 0.717) is 41.9 Å². The minimum absolute atomic E-state index is 0.242. The van der Waals surface area contributed by atoms with Gasteiger partial charge in [-0.3, -0.25) is 4.79 Å². The quantitative estimate of drug-likeness (QED) is 0.789. The summed E-state index contributed by atoms with van der Waals surface area (Å²) < 4.78 is 12.3. The Bertz CT molecular complexity index is 690. The average Bonchev–Trinajstić information content (AvgIpc) is 3.03. The van der Waals surface area contributed by atoms with Crippen molar-refractivity contribution in [2.75, 3.05) is 20.3 Å². The number of rotatable bonds is 8. The molecule has 130 valence electrons. The molecule has 1 N–H and O–H groups in total. The molecule has 0 aliphatic carbocycles. The predicted octanol–water partition coefficient (Wildman–Crippen LogP) is 2.47. The Morgan fingerprint density at radius 1 is 1.46 bits per heavy atom. The molecule has 0 unspecified atom stereocenters. The van der Waals surface area contributed by atoms with Crippen LogP contribution < -0.4 is 10.1 Å².